The van der Waals surface area contributed by atoms with E-state index in [1.54, 1.807) is 11.8 Å². The molecule has 236 valence electrons. The number of carbonyl (C=O) groups is 1. The molecule has 2 aromatic carbocycles. The third-order valence-electron chi connectivity index (χ3n) is 8.01. The minimum absolute atomic E-state index is 0.0826. The van der Waals surface area contributed by atoms with Crippen LogP contribution in [0, 0.1) is 0 Å². The lowest BCUT2D eigenvalue weighted by Gasteiger charge is -2.30. The average Bonchev–Trinajstić information content (AvgIpc) is 3.43. The summed E-state index contributed by atoms with van der Waals surface area (Å²) in [5.74, 6) is 2.04. The van der Waals surface area contributed by atoms with Gasteiger partial charge in [0.05, 0.1) is 23.8 Å². The average molecular weight is 704 g/mol. The number of rotatable bonds is 13. The zero-order chi connectivity index (χ0) is 31.1. The number of hydrogen-bond donors (Lipinski definition) is 1. The van der Waals surface area contributed by atoms with Crippen molar-refractivity contribution >= 4 is 51.2 Å². The maximum atomic E-state index is 13.9. The number of esters is 1. The van der Waals surface area contributed by atoms with Gasteiger partial charge < -0.3 is 19.5 Å². The van der Waals surface area contributed by atoms with E-state index in [0.717, 1.165) is 54.1 Å². The summed E-state index contributed by atoms with van der Waals surface area (Å²) in [5.41, 5.74) is 2.99. The Labute approximate surface area is 277 Å². The van der Waals surface area contributed by atoms with Gasteiger partial charge in [-0.3, -0.25) is 0 Å². The first-order valence-electron chi connectivity index (χ1n) is 15.4. The summed E-state index contributed by atoms with van der Waals surface area (Å²) < 4.78 is 20.6. The third kappa shape index (κ3) is 7.74. The van der Waals surface area contributed by atoms with Crippen LogP contribution in [-0.4, -0.2) is 40.6 Å². The smallest absolute Gasteiger partial charge is 0.338 e. The molecule has 2 heterocycles. The maximum absolute atomic E-state index is 13.9. The number of benzene rings is 2. The highest BCUT2D eigenvalue weighted by molar-refractivity contribution is 9.10. The van der Waals surface area contributed by atoms with Crippen LogP contribution in [0.15, 0.2) is 57.3 Å². The van der Waals surface area contributed by atoms with Crippen LogP contribution < -0.4 is 14.8 Å². The Bertz CT molecular complexity index is 1490. The molecule has 0 spiro atoms. The maximum Gasteiger partial charge on any atom is 0.338 e. The van der Waals surface area contributed by atoms with E-state index in [-0.39, 0.29) is 12.1 Å². The van der Waals surface area contributed by atoms with Gasteiger partial charge >= 0.3 is 5.97 Å². The Morgan fingerprint density at radius 3 is 2.70 bits per heavy atom. The van der Waals surface area contributed by atoms with Crippen molar-refractivity contribution in [2.45, 2.75) is 94.7 Å². The molecule has 1 aliphatic heterocycles. The van der Waals surface area contributed by atoms with Gasteiger partial charge in [0.1, 0.15) is 12.1 Å². The lowest BCUT2D eigenvalue weighted by Crippen LogP contribution is -2.32. The van der Waals surface area contributed by atoms with E-state index < -0.39 is 6.04 Å². The number of methoxy groups -OCH3 is 1. The van der Waals surface area contributed by atoms with E-state index >= 15 is 0 Å². The number of carbonyl (C=O) groups excluding carboxylic acids is 1. The van der Waals surface area contributed by atoms with Gasteiger partial charge in [-0.15, -0.1) is 5.10 Å². The highest BCUT2D eigenvalue weighted by atomic mass is 79.9. The second kappa shape index (κ2) is 15.5. The number of allylic oxidation sites excluding steroid dienone is 1. The number of ether oxygens (including phenoxy) is 3. The second-order valence-electron chi connectivity index (χ2n) is 11.2. The van der Waals surface area contributed by atoms with Gasteiger partial charge in [0, 0.05) is 16.5 Å². The number of halogens is 2. The first kappa shape index (κ1) is 32.7. The summed E-state index contributed by atoms with van der Waals surface area (Å²) in [6, 6.07) is 11.1. The van der Waals surface area contributed by atoms with Gasteiger partial charge in [0.25, 0.3) is 0 Å². The van der Waals surface area contributed by atoms with Crippen molar-refractivity contribution in [3.63, 3.8) is 0 Å². The van der Waals surface area contributed by atoms with E-state index in [0.29, 0.717) is 51.3 Å². The zero-order valence-corrected chi connectivity index (χ0v) is 28.7. The predicted molar refractivity (Wildman–Crippen MR) is 179 cm³/mol. The van der Waals surface area contributed by atoms with Crippen LogP contribution in [0.5, 0.6) is 11.5 Å². The van der Waals surface area contributed by atoms with Crippen LogP contribution in [0.3, 0.4) is 0 Å². The second-order valence-corrected chi connectivity index (χ2v) is 13.4. The van der Waals surface area contributed by atoms with Gasteiger partial charge in [-0.25, -0.2) is 9.48 Å². The normalized spacial score (nSPS) is 16.8. The van der Waals surface area contributed by atoms with Gasteiger partial charge in [0.2, 0.25) is 11.1 Å². The summed E-state index contributed by atoms with van der Waals surface area (Å²) in [5, 5.41) is 9.48. The molecule has 0 bridgehead atoms. The van der Waals surface area contributed by atoms with Crippen molar-refractivity contribution < 1.29 is 19.0 Å². The molecule has 1 atom stereocenters. The lowest BCUT2D eigenvalue weighted by molar-refractivity contribution is -0.146. The molecule has 0 amide bonds. The topological polar surface area (TPSA) is 87.5 Å². The van der Waals surface area contributed by atoms with Gasteiger partial charge in [-0.2, -0.15) is 4.98 Å². The molecular weight excluding hydrogens is 664 g/mol. The summed E-state index contributed by atoms with van der Waals surface area (Å²) in [6.07, 6.45) is 9.44. The van der Waals surface area contributed by atoms with Crippen LogP contribution in [-0.2, 0) is 15.3 Å². The molecule has 44 heavy (non-hydrogen) atoms. The fraction of sp³-hybridized carbons (Fsp3) is 0.485. The molecule has 5 rings (SSSR count). The molecule has 8 nitrogen and oxygen atoms in total. The van der Waals surface area contributed by atoms with Crippen molar-refractivity contribution in [2.75, 3.05) is 19.0 Å². The molecule has 1 fully saturated rings. The number of anilines is 1. The first-order valence-corrected chi connectivity index (χ1v) is 17.6. The molecular formula is C33H40BrClN4O4S. The molecule has 2 aliphatic rings. The standard InChI is InChI=1S/C33H40BrClN4O4S/c1-4-5-6-12-17-42-30-25(34)18-23(19-27(30)41-3)29-28(31(40)43-24-14-8-7-9-15-24)21(2)36-32-37-33(38-39(29)32)44-20-22-13-10-11-16-26(22)35/h10-11,13,16,18-19,24,29H,4-9,12,14-15,17,20H2,1-3H3,(H,36,37,38). The minimum atomic E-state index is -0.590. The first-order chi connectivity index (χ1) is 21.4. The van der Waals surface area contributed by atoms with Gasteiger partial charge in [-0.05, 0) is 84.3 Å². The van der Waals surface area contributed by atoms with Gasteiger partial charge in [-0.1, -0.05) is 74.2 Å². The molecule has 0 radical (unpaired) electrons. The van der Waals surface area contributed by atoms with Crippen molar-refractivity contribution in [3.05, 3.63) is 68.3 Å². The number of nitrogens with one attached hydrogen (secondary N) is 1. The SMILES string of the molecule is CCCCCCOc1c(Br)cc(C2C(C(=O)OC3CCCCC3)=C(C)Nc3nc(SCc4ccccc4Cl)nn32)cc1OC. The van der Waals surface area contributed by atoms with E-state index in [2.05, 4.69) is 28.2 Å². The summed E-state index contributed by atoms with van der Waals surface area (Å²) >= 11 is 11.6. The minimum Gasteiger partial charge on any atom is -0.493 e. The summed E-state index contributed by atoms with van der Waals surface area (Å²) in [7, 11) is 1.63. The zero-order valence-electron chi connectivity index (χ0n) is 25.5. The van der Waals surface area contributed by atoms with Crippen LogP contribution in [0.2, 0.25) is 5.02 Å². The van der Waals surface area contributed by atoms with Crippen molar-refractivity contribution in [2.24, 2.45) is 0 Å². The predicted octanol–water partition coefficient (Wildman–Crippen LogP) is 9.12. The fourth-order valence-corrected chi connectivity index (χ4v) is 7.35. The molecule has 1 saturated carbocycles. The van der Waals surface area contributed by atoms with E-state index in [9.17, 15) is 4.79 Å². The number of thioether (sulfide) groups is 1. The quantitative estimate of drug-likeness (QED) is 0.107. The fourth-order valence-electron chi connectivity index (χ4n) is 5.66. The Morgan fingerprint density at radius 1 is 1.16 bits per heavy atom. The van der Waals surface area contributed by atoms with Crippen LogP contribution in [0.4, 0.5) is 5.95 Å². The molecule has 1 N–H and O–H groups in total. The Kier molecular flexibility index (Phi) is 11.5. The molecule has 0 saturated heterocycles. The molecule has 3 aromatic rings. The number of hydrogen-bond acceptors (Lipinski definition) is 8. The van der Waals surface area contributed by atoms with E-state index in [1.807, 2.05) is 43.3 Å². The van der Waals surface area contributed by atoms with Gasteiger partial charge in [0.15, 0.2) is 11.5 Å². The highest BCUT2D eigenvalue weighted by Gasteiger charge is 2.37. The monoisotopic (exact) mass is 702 g/mol. The summed E-state index contributed by atoms with van der Waals surface area (Å²) in [4.78, 5) is 18.7. The lowest BCUT2D eigenvalue weighted by atomic mass is 9.94. The number of fused-ring (bicyclic) bond motifs is 1. The molecule has 1 aromatic heterocycles. The van der Waals surface area contributed by atoms with E-state index in [1.165, 1.54) is 31.0 Å². The Balaban J connectivity index is 1.48. The number of aromatic nitrogens is 3. The Morgan fingerprint density at radius 2 is 1.95 bits per heavy atom. The largest absolute Gasteiger partial charge is 0.493 e. The highest BCUT2D eigenvalue weighted by Crippen LogP contribution is 2.44. The molecule has 11 heteroatoms. The molecule has 1 unspecified atom stereocenters. The van der Waals surface area contributed by atoms with Crippen LogP contribution in [0.1, 0.15) is 88.8 Å². The number of unbranched alkanes of at least 4 members (excludes halogenated alkanes) is 3. The van der Waals surface area contributed by atoms with Crippen molar-refractivity contribution in [1.29, 1.82) is 0 Å². The van der Waals surface area contributed by atoms with E-state index in [4.69, 9.17) is 35.9 Å². The Hall–Kier alpha value is -2.69. The molecule has 1 aliphatic carbocycles. The number of nitrogens with zero attached hydrogens (tertiary/aromatic N) is 3. The van der Waals surface area contributed by atoms with Crippen molar-refractivity contribution in [1.82, 2.24) is 14.8 Å². The van der Waals surface area contributed by atoms with Crippen molar-refractivity contribution in [3.8, 4) is 11.5 Å². The van der Waals surface area contributed by atoms with Crippen LogP contribution >= 0.6 is 39.3 Å². The third-order valence-corrected chi connectivity index (χ3v) is 9.85. The van der Waals surface area contributed by atoms with Crippen LogP contribution in [0.25, 0.3) is 0 Å². The summed E-state index contributed by atoms with van der Waals surface area (Å²) in [6.45, 7) is 4.68.